The van der Waals surface area contributed by atoms with Gasteiger partial charge in [-0.3, -0.25) is 0 Å². The summed E-state index contributed by atoms with van der Waals surface area (Å²) in [6.45, 7) is 12.4. The van der Waals surface area contributed by atoms with Gasteiger partial charge in [0.1, 0.15) is 12.5 Å². The first-order chi connectivity index (χ1) is 17.8. The molecule has 194 valence electrons. The third kappa shape index (κ3) is 4.90. The first kappa shape index (κ1) is 26.2. The zero-order valence-corrected chi connectivity index (χ0v) is 22.5. The van der Waals surface area contributed by atoms with Crippen LogP contribution in [0.1, 0.15) is 57.5 Å². The van der Waals surface area contributed by atoms with Gasteiger partial charge < -0.3 is 18.9 Å². The Hall–Kier alpha value is -3.87. The molecule has 0 saturated heterocycles. The summed E-state index contributed by atoms with van der Waals surface area (Å²) in [6, 6.07) is 15.9. The van der Waals surface area contributed by atoms with Crippen molar-refractivity contribution in [2.75, 3.05) is 13.2 Å². The molecule has 0 bridgehead atoms. The number of allylic oxidation sites excluding steroid dienone is 2. The highest BCUT2D eigenvalue weighted by Gasteiger charge is 2.40. The summed E-state index contributed by atoms with van der Waals surface area (Å²) in [5.74, 6) is -0.537. The second-order valence-corrected chi connectivity index (χ2v) is 9.15. The number of hydrogen-bond donors (Lipinski definition) is 0. The highest BCUT2D eigenvalue weighted by Crippen LogP contribution is 2.43. The van der Waals surface area contributed by atoms with Crippen molar-refractivity contribution in [1.29, 1.82) is 0 Å². The zero-order valence-electron chi connectivity index (χ0n) is 22.5. The van der Waals surface area contributed by atoms with Crippen LogP contribution < -0.4 is 0 Å². The molecule has 1 aromatic heterocycles. The summed E-state index contributed by atoms with van der Waals surface area (Å²) in [5, 5.41) is 0. The minimum atomic E-state index is -0.597. The summed E-state index contributed by atoms with van der Waals surface area (Å²) >= 11 is 0. The molecule has 4 rings (SSSR count). The van der Waals surface area contributed by atoms with Crippen LogP contribution in [0.4, 0.5) is 0 Å². The van der Waals surface area contributed by atoms with Crippen molar-refractivity contribution in [3.63, 3.8) is 0 Å². The molecule has 0 spiro atoms. The molecule has 1 aliphatic rings. The monoisotopic (exact) mass is 501 g/mol. The predicted molar refractivity (Wildman–Crippen MR) is 144 cm³/mol. The van der Waals surface area contributed by atoms with Crippen LogP contribution in [0.25, 0.3) is 11.0 Å². The Morgan fingerprint density at radius 3 is 1.95 bits per heavy atom. The van der Waals surface area contributed by atoms with Crippen molar-refractivity contribution in [2.45, 2.75) is 60.5 Å². The second-order valence-electron chi connectivity index (χ2n) is 9.15. The van der Waals surface area contributed by atoms with Crippen molar-refractivity contribution in [1.82, 2.24) is 14.5 Å². The SMILES string of the molecule is CCOC(=O)C1=C(C)N(Cn2c(CC)nc3ccccc32)C(C)=C(C(=O)OCC)C1c1ccc(C)cc1. The average Bonchev–Trinajstić information content (AvgIpc) is 3.24. The summed E-state index contributed by atoms with van der Waals surface area (Å²) in [6.07, 6.45) is 0.746. The van der Waals surface area contributed by atoms with E-state index in [9.17, 15) is 9.59 Å². The summed E-state index contributed by atoms with van der Waals surface area (Å²) in [4.78, 5) is 33.8. The fraction of sp³-hybridized carbons (Fsp3) is 0.367. The number of hydrogen-bond acceptors (Lipinski definition) is 6. The molecule has 1 aliphatic heterocycles. The lowest BCUT2D eigenvalue weighted by Gasteiger charge is -2.38. The number of aromatic nitrogens is 2. The Morgan fingerprint density at radius 2 is 1.41 bits per heavy atom. The minimum Gasteiger partial charge on any atom is -0.463 e. The Labute approximate surface area is 218 Å². The lowest BCUT2D eigenvalue weighted by molar-refractivity contribution is -0.139. The van der Waals surface area contributed by atoms with Gasteiger partial charge >= 0.3 is 11.9 Å². The lowest BCUT2D eigenvalue weighted by atomic mass is 9.79. The molecule has 2 heterocycles. The summed E-state index contributed by atoms with van der Waals surface area (Å²) < 4.78 is 13.2. The van der Waals surface area contributed by atoms with Crippen LogP contribution in [-0.2, 0) is 32.2 Å². The standard InChI is InChI=1S/C30H35N3O4/c1-7-25-31-23-12-10-11-13-24(23)33(25)18-32-20(5)26(29(34)36-8-2)28(22-16-14-19(4)15-17-22)27(21(32)6)30(35)37-9-3/h10-17,28H,7-9,18H2,1-6H3. The van der Waals surface area contributed by atoms with Crippen molar-refractivity contribution in [3.8, 4) is 0 Å². The van der Waals surface area contributed by atoms with E-state index < -0.39 is 17.9 Å². The molecule has 2 aromatic carbocycles. The van der Waals surface area contributed by atoms with E-state index in [4.69, 9.17) is 14.5 Å². The third-order valence-electron chi connectivity index (χ3n) is 6.90. The van der Waals surface area contributed by atoms with Crippen molar-refractivity contribution < 1.29 is 19.1 Å². The Morgan fingerprint density at radius 1 is 0.838 bits per heavy atom. The first-order valence-corrected chi connectivity index (χ1v) is 12.9. The van der Waals surface area contributed by atoms with Crippen LogP contribution in [0.15, 0.2) is 71.1 Å². The summed E-state index contributed by atoms with van der Waals surface area (Å²) in [7, 11) is 0. The number of ether oxygens (including phenoxy) is 2. The lowest BCUT2D eigenvalue weighted by Crippen LogP contribution is -2.36. The Kier molecular flexibility index (Phi) is 7.81. The minimum absolute atomic E-state index is 0.236. The molecule has 0 N–H and O–H groups in total. The van der Waals surface area contributed by atoms with Crippen LogP contribution in [0.3, 0.4) is 0 Å². The van der Waals surface area contributed by atoms with Gasteiger partial charge in [-0.2, -0.15) is 0 Å². The van der Waals surface area contributed by atoms with E-state index in [1.165, 1.54) is 0 Å². The molecule has 7 nitrogen and oxygen atoms in total. The quantitative estimate of drug-likeness (QED) is 0.372. The molecule has 0 amide bonds. The number of imidazole rings is 1. The van der Waals surface area contributed by atoms with Crippen LogP contribution in [0.2, 0.25) is 0 Å². The maximum absolute atomic E-state index is 13.5. The van der Waals surface area contributed by atoms with E-state index in [2.05, 4.69) is 11.5 Å². The molecule has 0 radical (unpaired) electrons. The summed E-state index contributed by atoms with van der Waals surface area (Å²) in [5.41, 5.74) is 6.23. The Balaban J connectivity index is 1.94. The highest BCUT2D eigenvalue weighted by atomic mass is 16.5. The molecular weight excluding hydrogens is 466 g/mol. The highest BCUT2D eigenvalue weighted by molar-refractivity contribution is 5.99. The molecule has 3 aromatic rings. The van der Waals surface area contributed by atoms with E-state index in [1.54, 1.807) is 13.8 Å². The molecule has 0 fully saturated rings. The number of esters is 2. The van der Waals surface area contributed by atoms with E-state index in [1.807, 2.05) is 74.2 Å². The molecule has 0 atom stereocenters. The largest absolute Gasteiger partial charge is 0.463 e. The first-order valence-electron chi connectivity index (χ1n) is 12.9. The number of carbonyl (C=O) groups is 2. The third-order valence-corrected chi connectivity index (χ3v) is 6.90. The van der Waals surface area contributed by atoms with Crippen LogP contribution in [-0.4, -0.2) is 39.6 Å². The maximum Gasteiger partial charge on any atom is 0.336 e. The molecule has 0 unspecified atom stereocenters. The number of benzene rings is 2. The zero-order chi connectivity index (χ0) is 26.7. The van der Waals surface area contributed by atoms with Crippen LogP contribution in [0.5, 0.6) is 0 Å². The van der Waals surface area contributed by atoms with Gasteiger partial charge in [0.2, 0.25) is 0 Å². The second kappa shape index (κ2) is 11.0. The van der Waals surface area contributed by atoms with Gasteiger partial charge in [0, 0.05) is 17.8 Å². The van der Waals surface area contributed by atoms with Crippen molar-refractivity contribution in [2.24, 2.45) is 0 Å². The van der Waals surface area contributed by atoms with Gasteiger partial charge in [0.05, 0.1) is 41.3 Å². The van der Waals surface area contributed by atoms with Gasteiger partial charge in [0.25, 0.3) is 0 Å². The molecule has 0 saturated carbocycles. The van der Waals surface area contributed by atoms with E-state index >= 15 is 0 Å². The fourth-order valence-electron chi connectivity index (χ4n) is 5.05. The van der Waals surface area contributed by atoms with E-state index in [0.29, 0.717) is 17.8 Å². The number of rotatable bonds is 8. The van der Waals surface area contributed by atoms with E-state index in [-0.39, 0.29) is 13.2 Å². The number of aryl methyl sites for hydroxylation is 2. The predicted octanol–water partition coefficient (Wildman–Crippen LogP) is 5.64. The number of fused-ring (bicyclic) bond motifs is 1. The topological polar surface area (TPSA) is 73.7 Å². The smallest absolute Gasteiger partial charge is 0.336 e. The number of nitrogens with zero attached hydrogens (tertiary/aromatic N) is 3. The van der Waals surface area contributed by atoms with E-state index in [0.717, 1.165) is 45.8 Å². The van der Waals surface area contributed by atoms with Gasteiger partial charge in [-0.15, -0.1) is 0 Å². The van der Waals surface area contributed by atoms with Crippen molar-refractivity contribution >= 4 is 23.0 Å². The van der Waals surface area contributed by atoms with Crippen LogP contribution >= 0.6 is 0 Å². The molecule has 37 heavy (non-hydrogen) atoms. The average molecular weight is 502 g/mol. The Bertz CT molecular complexity index is 1340. The van der Waals surface area contributed by atoms with Gasteiger partial charge in [-0.25, -0.2) is 14.6 Å². The fourth-order valence-corrected chi connectivity index (χ4v) is 5.05. The van der Waals surface area contributed by atoms with Crippen molar-refractivity contribution in [3.05, 3.63) is 88.0 Å². The normalized spacial score (nSPS) is 14.5. The number of para-hydroxylation sites is 2. The van der Waals surface area contributed by atoms with Gasteiger partial charge in [-0.05, 0) is 52.3 Å². The maximum atomic E-state index is 13.5. The van der Waals surface area contributed by atoms with Crippen LogP contribution in [0, 0.1) is 6.92 Å². The van der Waals surface area contributed by atoms with Gasteiger partial charge in [-0.1, -0.05) is 48.9 Å². The number of carbonyl (C=O) groups excluding carboxylic acids is 2. The molecular formula is C30H35N3O4. The molecule has 0 aliphatic carbocycles. The molecule has 7 heteroatoms. The van der Waals surface area contributed by atoms with Gasteiger partial charge in [0.15, 0.2) is 0 Å².